The van der Waals surface area contributed by atoms with Crippen LogP contribution in [0.15, 0.2) is 132 Å². The number of rotatable bonds is 17. The normalized spacial score (nSPS) is 14.6. The van der Waals surface area contributed by atoms with Gasteiger partial charge in [-0.05, 0) is 111 Å². The number of nitro benzene ring substituents is 1. The Morgan fingerprint density at radius 1 is 0.949 bits per heavy atom. The summed E-state index contributed by atoms with van der Waals surface area (Å²) in [5, 5.41) is 16.2. The Labute approximate surface area is 349 Å². The molecule has 13 nitrogen and oxygen atoms in total. The Kier molecular flexibility index (Phi) is 13.1. The number of nitrogens with one attached hydrogen (secondary N) is 2. The summed E-state index contributed by atoms with van der Waals surface area (Å²) < 4.78 is 36.4. The van der Waals surface area contributed by atoms with Crippen molar-refractivity contribution in [1.82, 2.24) is 19.9 Å². The van der Waals surface area contributed by atoms with Gasteiger partial charge in [-0.2, -0.15) is 0 Å². The molecule has 1 saturated heterocycles. The van der Waals surface area contributed by atoms with Gasteiger partial charge in [-0.25, -0.2) is 18.4 Å². The smallest absolute Gasteiger partial charge is 0.293 e. The molecule has 1 unspecified atom stereocenters. The Hall–Kier alpha value is -5.61. The summed E-state index contributed by atoms with van der Waals surface area (Å²) >= 11 is 1.65. The molecule has 4 aromatic carbocycles. The molecular formula is C44H48N8O5S2. The van der Waals surface area contributed by atoms with E-state index in [-0.39, 0.29) is 33.7 Å². The average Bonchev–Trinajstić information content (AvgIpc) is 3.25. The lowest BCUT2D eigenvalue weighted by Gasteiger charge is -2.42. The SMILES string of the molecule is COC1(Cc2ccccc2-c2ccncc2)CCN(c2ccc3c(NS(=O)(=O)c4ccc(NC(CCN(C)C)CSc5ccccc5)c([N+](=O)[O-])c4)ncnc3c2)CC1. The van der Waals surface area contributed by atoms with Crippen molar-refractivity contribution in [1.29, 1.82) is 0 Å². The van der Waals surface area contributed by atoms with E-state index in [1.807, 2.05) is 87.2 Å². The van der Waals surface area contributed by atoms with Gasteiger partial charge in [-0.3, -0.25) is 19.8 Å². The van der Waals surface area contributed by atoms with Crippen LogP contribution < -0.4 is 14.9 Å². The zero-order valence-corrected chi connectivity index (χ0v) is 35.0. The molecule has 15 heteroatoms. The number of anilines is 3. The van der Waals surface area contributed by atoms with E-state index in [2.05, 4.69) is 59.1 Å². The number of sulfonamides is 1. The van der Waals surface area contributed by atoms with Crippen LogP contribution in [0.2, 0.25) is 0 Å². The van der Waals surface area contributed by atoms with Crippen molar-refractivity contribution in [2.75, 3.05) is 61.5 Å². The molecule has 0 amide bonds. The molecule has 59 heavy (non-hydrogen) atoms. The Morgan fingerprint density at radius 3 is 2.42 bits per heavy atom. The summed E-state index contributed by atoms with van der Waals surface area (Å²) in [4.78, 5) is 29.9. The maximum atomic E-state index is 13.8. The maximum absolute atomic E-state index is 13.8. The van der Waals surface area contributed by atoms with Gasteiger partial charge in [-0.1, -0.05) is 42.5 Å². The third kappa shape index (κ3) is 10.2. The predicted octanol–water partition coefficient (Wildman–Crippen LogP) is 8.15. The number of fused-ring (bicyclic) bond motifs is 1. The summed E-state index contributed by atoms with van der Waals surface area (Å²) in [6, 6.07) is 31.9. The van der Waals surface area contributed by atoms with E-state index in [0.717, 1.165) is 67.5 Å². The lowest BCUT2D eigenvalue weighted by Crippen LogP contribution is -2.47. The first-order valence-electron chi connectivity index (χ1n) is 19.5. The fourth-order valence-corrected chi connectivity index (χ4v) is 9.51. The quantitative estimate of drug-likeness (QED) is 0.0518. The summed E-state index contributed by atoms with van der Waals surface area (Å²) in [7, 11) is 1.47. The molecule has 0 spiro atoms. The van der Waals surface area contributed by atoms with Gasteiger partial charge in [0.1, 0.15) is 12.0 Å². The lowest BCUT2D eigenvalue weighted by atomic mass is 9.82. The van der Waals surface area contributed by atoms with Gasteiger partial charge in [0.2, 0.25) is 0 Å². The molecule has 3 heterocycles. The predicted molar refractivity (Wildman–Crippen MR) is 236 cm³/mol. The second-order valence-electron chi connectivity index (χ2n) is 15.0. The summed E-state index contributed by atoms with van der Waals surface area (Å²) in [6.45, 7) is 2.28. The number of hydrogen-bond acceptors (Lipinski definition) is 12. The van der Waals surface area contributed by atoms with Crippen molar-refractivity contribution in [3.8, 4) is 11.1 Å². The molecule has 6 aromatic rings. The van der Waals surface area contributed by atoms with Gasteiger partial charge in [0, 0.05) is 72.8 Å². The minimum absolute atomic E-state index is 0.0815. The van der Waals surface area contributed by atoms with Gasteiger partial charge in [0.25, 0.3) is 15.7 Å². The molecule has 306 valence electrons. The molecule has 0 aliphatic carbocycles. The summed E-state index contributed by atoms with van der Waals surface area (Å²) in [5.74, 6) is 0.742. The van der Waals surface area contributed by atoms with Crippen LogP contribution in [0.3, 0.4) is 0 Å². The van der Waals surface area contributed by atoms with E-state index in [0.29, 0.717) is 16.7 Å². The molecule has 7 rings (SSSR count). The average molecular weight is 833 g/mol. The number of ether oxygens (including phenoxy) is 1. The van der Waals surface area contributed by atoms with Crippen LogP contribution in [0, 0.1) is 10.1 Å². The van der Waals surface area contributed by atoms with Crippen LogP contribution in [-0.2, 0) is 21.2 Å². The number of aromatic nitrogens is 3. The number of methoxy groups -OCH3 is 1. The van der Waals surface area contributed by atoms with E-state index in [1.165, 1.54) is 29.6 Å². The molecule has 2 N–H and O–H groups in total. The van der Waals surface area contributed by atoms with Gasteiger partial charge in [0.15, 0.2) is 5.82 Å². The molecule has 1 atom stereocenters. The third-order valence-electron chi connectivity index (χ3n) is 10.8. The Morgan fingerprint density at radius 2 is 1.69 bits per heavy atom. The third-order valence-corrected chi connectivity index (χ3v) is 13.3. The van der Waals surface area contributed by atoms with Crippen LogP contribution >= 0.6 is 11.8 Å². The van der Waals surface area contributed by atoms with Crippen LogP contribution in [-0.4, -0.2) is 91.4 Å². The number of thioether (sulfide) groups is 1. The van der Waals surface area contributed by atoms with Crippen LogP contribution in [0.4, 0.5) is 22.9 Å². The molecule has 1 aliphatic rings. The fourth-order valence-electron chi connectivity index (χ4n) is 7.47. The highest BCUT2D eigenvalue weighted by Crippen LogP contribution is 2.37. The molecule has 0 saturated carbocycles. The number of nitro groups is 1. The highest BCUT2D eigenvalue weighted by Gasteiger charge is 2.36. The second-order valence-corrected chi connectivity index (χ2v) is 17.7. The maximum Gasteiger partial charge on any atom is 0.293 e. The van der Waals surface area contributed by atoms with Crippen molar-refractivity contribution in [3.05, 3.63) is 138 Å². The fraction of sp³-hybridized carbons (Fsp3) is 0.295. The first kappa shape index (κ1) is 41.5. The minimum Gasteiger partial charge on any atom is -0.378 e. The standard InChI is InChI=1S/C44H48N8O5S2/c1-50(2)24-19-34(30-58-36-10-5-4-6-11-36)48-40-16-14-37(28-42(40)52(53)54)59(55,56)49-43-39-15-13-35(27-41(39)46-31-47-43)51-25-20-44(57-3,21-26-51)29-33-9-7-8-12-38(33)32-17-22-45-23-18-32/h4-18,22-23,27-28,31,34,48H,19-21,24-26,29-30H2,1-3H3,(H,46,47,49). The second kappa shape index (κ2) is 18.5. The zero-order valence-electron chi connectivity index (χ0n) is 33.3. The first-order valence-corrected chi connectivity index (χ1v) is 21.9. The zero-order chi connectivity index (χ0) is 41.4. The van der Waals surface area contributed by atoms with Crippen molar-refractivity contribution in [3.63, 3.8) is 0 Å². The number of piperidine rings is 1. The van der Waals surface area contributed by atoms with Crippen molar-refractivity contribution in [2.24, 2.45) is 0 Å². The molecule has 2 aromatic heterocycles. The minimum atomic E-state index is -4.28. The molecule has 0 bridgehead atoms. The molecular weight excluding hydrogens is 785 g/mol. The van der Waals surface area contributed by atoms with Crippen molar-refractivity contribution in [2.45, 2.75) is 47.1 Å². The number of pyridine rings is 1. The molecule has 1 aliphatic heterocycles. The van der Waals surface area contributed by atoms with Gasteiger partial charge in [0.05, 0.1) is 20.9 Å². The highest BCUT2D eigenvalue weighted by atomic mass is 32.2. The van der Waals surface area contributed by atoms with E-state index in [4.69, 9.17) is 4.74 Å². The van der Waals surface area contributed by atoms with Gasteiger partial charge in [-0.15, -0.1) is 11.8 Å². The lowest BCUT2D eigenvalue weighted by molar-refractivity contribution is -0.384. The number of hydrogen-bond donors (Lipinski definition) is 2. The molecule has 0 radical (unpaired) electrons. The highest BCUT2D eigenvalue weighted by molar-refractivity contribution is 7.99. The van der Waals surface area contributed by atoms with E-state index >= 15 is 0 Å². The van der Waals surface area contributed by atoms with E-state index < -0.39 is 14.9 Å². The Bertz CT molecular complexity index is 2480. The van der Waals surface area contributed by atoms with Crippen LogP contribution in [0.5, 0.6) is 0 Å². The number of nitrogens with zero attached hydrogens (tertiary/aromatic N) is 6. The molecule has 1 fully saturated rings. The summed E-state index contributed by atoms with van der Waals surface area (Å²) in [5.41, 5.74) is 4.64. The van der Waals surface area contributed by atoms with Gasteiger partial charge >= 0.3 is 0 Å². The summed E-state index contributed by atoms with van der Waals surface area (Å²) in [6.07, 6.45) is 8.05. The largest absolute Gasteiger partial charge is 0.378 e. The van der Waals surface area contributed by atoms with E-state index in [9.17, 15) is 18.5 Å². The van der Waals surface area contributed by atoms with Crippen LogP contribution in [0.1, 0.15) is 24.8 Å². The number of benzene rings is 4. The van der Waals surface area contributed by atoms with Crippen LogP contribution in [0.25, 0.3) is 22.0 Å². The van der Waals surface area contributed by atoms with Gasteiger partial charge < -0.3 is 19.9 Å². The Balaban J connectivity index is 1.05. The topological polar surface area (TPSA) is 156 Å². The first-order chi connectivity index (χ1) is 28.5. The monoisotopic (exact) mass is 832 g/mol. The van der Waals surface area contributed by atoms with E-state index in [1.54, 1.807) is 18.9 Å². The van der Waals surface area contributed by atoms with Crippen molar-refractivity contribution >= 4 is 55.6 Å². The van der Waals surface area contributed by atoms with Crippen molar-refractivity contribution < 1.29 is 18.1 Å².